The maximum atomic E-state index is 12.6. The maximum Gasteiger partial charge on any atom is 0.255 e. The molecule has 1 amide bonds. The molecule has 1 aromatic rings. The lowest BCUT2D eigenvalue weighted by atomic mass is 10.1. The van der Waals surface area contributed by atoms with Crippen molar-refractivity contribution in [2.75, 3.05) is 19.8 Å². The van der Waals surface area contributed by atoms with Crippen LogP contribution in [0.2, 0.25) is 0 Å². The largest absolute Gasteiger partial charge is 0.381 e. The molecule has 2 fully saturated rings. The normalized spacial score (nSPS) is 22.5. The van der Waals surface area contributed by atoms with Crippen LogP contribution in [0.5, 0.6) is 0 Å². The molecule has 4 nitrogen and oxygen atoms in total. The first kappa shape index (κ1) is 13.1. The summed E-state index contributed by atoms with van der Waals surface area (Å²) in [7, 11) is 0. The smallest absolute Gasteiger partial charge is 0.255 e. The molecule has 0 spiro atoms. The minimum atomic E-state index is 0.100. The van der Waals surface area contributed by atoms with Crippen molar-refractivity contribution in [2.24, 2.45) is 5.92 Å². The maximum absolute atomic E-state index is 12.6. The van der Waals surface area contributed by atoms with Gasteiger partial charge in [-0.05, 0) is 41.3 Å². The summed E-state index contributed by atoms with van der Waals surface area (Å²) in [5, 5.41) is 0. The number of carbonyl (C=O) groups is 1. The fraction of sp³-hybridized carbons (Fsp3) is 0.571. The third-order valence-electron chi connectivity index (χ3n) is 3.68. The first-order valence-corrected chi connectivity index (χ1v) is 7.52. The molecule has 3 rings (SSSR count). The fourth-order valence-electron chi connectivity index (χ4n) is 2.48. The fourth-order valence-corrected chi connectivity index (χ4v) is 2.85. The van der Waals surface area contributed by atoms with E-state index in [0.717, 1.165) is 43.5 Å². The van der Waals surface area contributed by atoms with Crippen molar-refractivity contribution in [3.8, 4) is 0 Å². The first-order chi connectivity index (χ1) is 9.24. The zero-order valence-corrected chi connectivity index (χ0v) is 12.3. The number of aromatic nitrogens is 1. The number of ether oxygens (including phenoxy) is 1. The number of amides is 1. The van der Waals surface area contributed by atoms with E-state index in [1.54, 1.807) is 12.4 Å². The van der Waals surface area contributed by atoms with E-state index in [-0.39, 0.29) is 5.91 Å². The molecule has 1 unspecified atom stereocenters. The number of halogens is 1. The molecule has 0 radical (unpaired) electrons. The van der Waals surface area contributed by atoms with E-state index in [1.807, 2.05) is 11.0 Å². The number of carbonyl (C=O) groups excluding carboxylic acids is 1. The molecule has 1 saturated carbocycles. The zero-order valence-electron chi connectivity index (χ0n) is 10.7. The average molecular weight is 325 g/mol. The second-order valence-corrected chi connectivity index (χ2v) is 6.23. The van der Waals surface area contributed by atoms with Gasteiger partial charge in [-0.25, -0.2) is 0 Å². The van der Waals surface area contributed by atoms with Gasteiger partial charge in [0.05, 0.1) is 12.2 Å². The molecule has 1 saturated heterocycles. The minimum absolute atomic E-state index is 0.100. The van der Waals surface area contributed by atoms with Gasteiger partial charge in [0.2, 0.25) is 0 Å². The first-order valence-electron chi connectivity index (χ1n) is 6.73. The summed E-state index contributed by atoms with van der Waals surface area (Å²) in [5.41, 5.74) is 0.667. The van der Waals surface area contributed by atoms with E-state index in [0.29, 0.717) is 17.5 Å². The summed E-state index contributed by atoms with van der Waals surface area (Å²) < 4.78 is 6.25. The van der Waals surface area contributed by atoms with Crippen LogP contribution < -0.4 is 0 Å². The number of rotatable bonds is 4. The SMILES string of the molecule is O=C(c1cncc(Br)c1)N(CC1CCOC1)C1CC1. The molecule has 1 aliphatic carbocycles. The van der Waals surface area contributed by atoms with Crippen LogP contribution in [0.1, 0.15) is 29.6 Å². The lowest BCUT2D eigenvalue weighted by Crippen LogP contribution is -2.37. The van der Waals surface area contributed by atoms with Gasteiger partial charge in [-0.15, -0.1) is 0 Å². The van der Waals surface area contributed by atoms with Crippen molar-refractivity contribution in [2.45, 2.75) is 25.3 Å². The van der Waals surface area contributed by atoms with Gasteiger partial charge in [-0.2, -0.15) is 0 Å². The van der Waals surface area contributed by atoms with E-state index in [1.165, 1.54) is 0 Å². The van der Waals surface area contributed by atoms with Gasteiger partial charge >= 0.3 is 0 Å². The third-order valence-corrected chi connectivity index (χ3v) is 4.11. The van der Waals surface area contributed by atoms with Gasteiger partial charge in [-0.1, -0.05) is 0 Å². The van der Waals surface area contributed by atoms with Crippen molar-refractivity contribution < 1.29 is 9.53 Å². The predicted octanol–water partition coefficient (Wildman–Crippen LogP) is 2.49. The van der Waals surface area contributed by atoms with Crippen molar-refractivity contribution >= 4 is 21.8 Å². The van der Waals surface area contributed by atoms with Crippen LogP contribution in [0.4, 0.5) is 0 Å². The minimum Gasteiger partial charge on any atom is -0.381 e. The Kier molecular flexibility index (Phi) is 3.84. The number of hydrogen-bond donors (Lipinski definition) is 0. The molecular weight excluding hydrogens is 308 g/mol. The Bertz CT molecular complexity index is 470. The molecule has 2 aliphatic rings. The molecule has 19 heavy (non-hydrogen) atoms. The van der Waals surface area contributed by atoms with Crippen molar-refractivity contribution in [3.05, 3.63) is 28.5 Å². The van der Waals surface area contributed by atoms with Gasteiger partial charge in [0.25, 0.3) is 5.91 Å². The molecular formula is C14H17BrN2O2. The van der Waals surface area contributed by atoms with E-state index in [9.17, 15) is 4.79 Å². The number of pyridine rings is 1. The van der Waals surface area contributed by atoms with Crippen molar-refractivity contribution in [1.29, 1.82) is 0 Å². The quantitative estimate of drug-likeness (QED) is 0.854. The average Bonchev–Trinajstić information content (AvgIpc) is 3.12. The molecule has 2 heterocycles. The molecule has 0 bridgehead atoms. The van der Waals surface area contributed by atoms with Crippen LogP contribution >= 0.6 is 15.9 Å². The van der Waals surface area contributed by atoms with E-state index in [4.69, 9.17) is 4.74 Å². The summed E-state index contributed by atoms with van der Waals surface area (Å²) in [6.07, 6.45) is 6.66. The molecule has 0 N–H and O–H groups in total. The molecule has 102 valence electrons. The van der Waals surface area contributed by atoms with Gasteiger partial charge in [-0.3, -0.25) is 9.78 Å². The van der Waals surface area contributed by atoms with Gasteiger partial charge in [0.1, 0.15) is 0 Å². The summed E-state index contributed by atoms with van der Waals surface area (Å²) in [4.78, 5) is 18.7. The summed E-state index contributed by atoms with van der Waals surface area (Å²) in [6, 6.07) is 2.27. The molecule has 1 aliphatic heterocycles. The monoisotopic (exact) mass is 324 g/mol. The van der Waals surface area contributed by atoms with Gasteiger partial charge in [0.15, 0.2) is 0 Å². The highest BCUT2D eigenvalue weighted by Crippen LogP contribution is 2.30. The lowest BCUT2D eigenvalue weighted by Gasteiger charge is -2.25. The van der Waals surface area contributed by atoms with Crippen LogP contribution in [0.25, 0.3) is 0 Å². The van der Waals surface area contributed by atoms with Crippen LogP contribution in [0, 0.1) is 5.92 Å². The zero-order chi connectivity index (χ0) is 13.2. The lowest BCUT2D eigenvalue weighted by molar-refractivity contribution is 0.0705. The van der Waals surface area contributed by atoms with Gasteiger partial charge in [0, 0.05) is 42.0 Å². The van der Waals surface area contributed by atoms with Crippen LogP contribution in [-0.2, 0) is 4.74 Å². The Labute approximate surface area is 121 Å². The third kappa shape index (κ3) is 3.15. The van der Waals surface area contributed by atoms with Crippen molar-refractivity contribution in [1.82, 2.24) is 9.88 Å². The Balaban J connectivity index is 1.73. The standard InChI is InChI=1S/C14H17BrN2O2/c15-12-5-11(6-16-7-12)14(18)17(13-1-2-13)8-10-3-4-19-9-10/h5-7,10,13H,1-4,8-9H2. The van der Waals surface area contributed by atoms with Crippen molar-refractivity contribution in [3.63, 3.8) is 0 Å². The Morgan fingerprint density at radius 2 is 2.26 bits per heavy atom. The van der Waals surface area contributed by atoms with Crippen LogP contribution in [0.3, 0.4) is 0 Å². The van der Waals surface area contributed by atoms with Crippen LogP contribution in [-0.4, -0.2) is 41.6 Å². The molecule has 5 heteroatoms. The highest BCUT2D eigenvalue weighted by atomic mass is 79.9. The summed E-state index contributed by atoms with van der Waals surface area (Å²) in [5.74, 6) is 0.591. The van der Waals surface area contributed by atoms with Crippen LogP contribution in [0.15, 0.2) is 22.9 Å². The number of hydrogen-bond acceptors (Lipinski definition) is 3. The Hall–Kier alpha value is -0.940. The Morgan fingerprint density at radius 1 is 1.42 bits per heavy atom. The summed E-state index contributed by atoms with van der Waals surface area (Å²) >= 11 is 3.37. The molecule has 1 aromatic heterocycles. The second-order valence-electron chi connectivity index (χ2n) is 5.31. The summed E-state index contributed by atoms with van der Waals surface area (Å²) in [6.45, 7) is 2.43. The van der Waals surface area contributed by atoms with E-state index < -0.39 is 0 Å². The van der Waals surface area contributed by atoms with Gasteiger partial charge < -0.3 is 9.64 Å². The Morgan fingerprint density at radius 3 is 2.89 bits per heavy atom. The second kappa shape index (κ2) is 5.59. The number of nitrogens with zero attached hydrogens (tertiary/aromatic N) is 2. The highest BCUT2D eigenvalue weighted by Gasteiger charge is 2.35. The predicted molar refractivity (Wildman–Crippen MR) is 74.9 cm³/mol. The van der Waals surface area contributed by atoms with E-state index in [2.05, 4.69) is 20.9 Å². The topological polar surface area (TPSA) is 42.4 Å². The molecule has 1 atom stereocenters. The highest BCUT2D eigenvalue weighted by molar-refractivity contribution is 9.10. The van der Waals surface area contributed by atoms with E-state index >= 15 is 0 Å². The molecule has 0 aromatic carbocycles.